The Morgan fingerprint density at radius 1 is 1.12 bits per heavy atom. The number of nitrogens with zero attached hydrogens (tertiary/aromatic N) is 4. The third kappa shape index (κ3) is 3.67. The van der Waals surface area contributed by atoms with Gasteiger partial charge in [0.25, 0.3) is 0 Å². The van der Waals surface area contributed by atoms with Crippen molar-refractivity contribution in [3.05, 3.63) is 36.2 Å². The molecular weight excluding hydrogens is 318 g/mol. The van der Waals surface area contributed by atoms with Gasteiger partial charge in [-0.2, -0.15) is 0 Å². The third-order valence-corrected chi connectivity index (χ3v) is 4.41. The average Bonchev–Trinajstić information content (AvgIpc) is 3.06. The molecule has 2 N–H and O–H groups in total. The Morgan fingerprint density at radius 3 is 2.56 bits per heavy atom. The molecule has 0 saturated heterocycles. The van der Waals surface area contributed by atoms with E-state index in [0.29, 0.717) is 32.0 Å². The smallest absolute Gasteiger partial charge is 0.161 e. The zero-order chi connectivity index (χ0) is 17.6. The fourth-order valence-corrected chi connectivity index (χ4v) is 3.13. The van der Waals surface area contributed by atoms with Gasteiger partial charge in [0.15, 0.2) is 11.6 Å². The van der Waals surface area contributed by atoms with E-state index in [-0.39, 0.29) is 0 Å². The number of nitrogen functional groups attached to an aromatic ring is 1. The Hall–Kier alpha value is -2.38. The van der Waals surface area contributed by atoms with Gasteiger partial charge in [0.1, 0.15) is 12.0 Å². The minimum atomic E-state index is 0.589. The van der Waals surface area contributed by atoms with Gasteiger partial charge in [-0.1, -0.05) is 18.2 Å². The van der Waals surface area contributed by atoms with Gasteiger partial charge in [-0.05, 0) is 18.1 Å². The van der Waals surface area contributed by atoms with E-state index in [0.717, 1.165) is 24.6 Å². The molecule has 2 heterocycles. The van der Waals surface area contributed by atoms with Gasteiger partial charge < -0.3 is 25.0 Å². The molecule has 7 nitrogen and oxygen atoms in total. The van der Waals surface area contributed by atoms with Gasteiger partial charge >= 0.3 is 0 Å². The number of anilines is 4. The number of para-hydroxylation sites is 1. The van der Waals surface area contributed by atoms with E-state index in [9.17, 15) is 0 Å². The predicted molar refractivity (Wildman–Crippen MR) is 99.6 cm³/mol. The molecule has 2 aromatic rings. The van der Waals surface area contributed by atoms with E-state index >= 15 is 0 Å². The standard InChI is InChI=1S/C18H25N5O2/c1-24-11-9-22(10-12-25-2)17-16(19)18(21-13-20-17)23-8-7-14-5-3-4-6-15(14)23/h3-6,13H,7-12,19H2,1-2H3. The van der Waals surface area contributed by atoms with Crippen LogP contribution < -0.4 is 15.5 Å². The van der Waals surface area contributed by atoms with Gasteiger partial charge in [0, 0.05) is 39.5 Å². The number of benzene rings is 1. The van der Waals surface area contributed by atoms with Gasteiger partial charge in [0.2, 0.25) is 0 Å². The van der Waals surface area contributed by atoms with Crippen LogP contribution in [0.15, 0.2) is 30.6 Å². The molecule has 1 aliphatic rings. The first kappa shape index (κ1) is 17.4. The summed E-state index contributed by atoms with van der Waals surface area (Å²) < 4.78 is 10.4. The van der Waals surface area contributed by atoms with Crippen molar-refractivity contribution >= 4 is 23.0 Å². The van der Waals surface area contributed by atoms with Crippen molar-refractivity contribution in [1.29, 1.82) is 0 Å². The topological polar surface area (TPSA) is 76.7 Å². The number of ether oxygens (including phenoxy) is 2. The molecule has 1 aromatic carbocycles. The minimum Gasteiger partial charge on any atom is -0.393 e. The first-order chi connectivity index (χ1) is 12.3. The highest BCUT2D eigenvalue weighted by atomic mass is 16.5. The maximum absolute atomic E-state index is 6.47. The summed E-state index contributed by atoms with van der Waals surface area (Å²) in [5.41, 5.74) is 9.55. The molecule has 0 radical (unpaired) electrons. The molecule has 1 aromatic heterocycles. The van der Waals surface area contributed by atoms with E-state index in [1.165, 1.54) is 11.3 Å². The van der Waals surface area contributed by atoms with Crippen molar-refractivity contribution < 1.29 is 9.47 Å². The number of nitrogens with two attached hydrogens (primary N) is 1. The lowest BCUT2D eigenvalue weighted by atomic mass is 10.2. The average molecular weight is 343 g/mol. The van der Waals surface area contributed by atoms with Crippen LogP contribution in [-0.2, 0) is 15.9 Å². The molecule has 0 unspecified atom stereocenters. The highest BCUT2D eigenvalue weighted by molar-refractivity contribution is 5.81. The van der Waals surface area contributed by atoms with Crippen molar-refractivity contribution in [3.63, 3.8) is 0 Å². The Kier molecular flexibility index (Phi) is 5.67. The lowest BCUT2D eigenvalue weighted by Crippen LogP contribution is -2.32. The predicted octanol–water partition coefficient (Wildman–Crippen LogP) is 1.85. The lowest BCUT2D eigenvalue weighted by molar-refractivity contribution is 0.190. The normalized spacial score (nSPS) is 13.1. The van der Waals surface area contributed by atoms with Crippen LogP contribution in [0.1, 0.15) is 5.56 Å². The molecule has 1 aliphatic heterocycles. The molecule has 7 heteroatoms. The summed E-state index contributed by atoms with van der Waals surface area (Å²) in [4.78, 5) is 13.1. The Morgan fingerprint density at radius 2 is 1.84 bits per heavy atom. The zero-order valence-corrected chi connectivity index (χ0v) is 14.8. The summed E-state index contributed by atoms with van der Waals surface area (Å²) in [6, 6.07) is 8.36. The van der Waals surface area contributed by atoms with Crippen LogP contribution in [0.5, 0.6) is 0 Å². The fraction of sp³-hybridized carbons (Fsp3) is 0.444. The van der Waals surface area contributed by atoms with Crippen LogP contribution in [0.25, 0.3) is 0 Å². The highest BCUT2D eigenvalue weighted by Crippen LogP contribution is 2.38. The Labute approximate surface area is 148 Å². The molecule has 0 spiro atoms. The van der Waals surface area contributed by atoms with Crippen LogP contribution in [0.3, 0.4) is 0 Å². The quantitative estimate of drug-likeness (QED) is 0.784. The molecule has 0 bridgehead atoms. The summed E-state index contributed by atoms with van der Waals surface area (Å²) in [6.45, 7) is 3.44. The van der Waals surface area contributed by atoms with E-state index < -0.39 is 0 Å². The highest BCUT2D eigenvalue weighted by Gasteiger charge is 2.25. The second-order valence-electron chi connectivity index (χ2n) is 5.94. The fourth-order valence-electron chi connectivity index (χ4n) is 3.13. The number of aromatic nitrogens is 2. The maximum atomic E-state index is 6.47. The Bertz CT molecular complexity index is 702. The van der Waals surface area contributed by atoms with Crippen molar-refractivity contribution in [1.82, 2.24) is 9.97 Å². The van der Waals surface area contributed by atoms with Gasteiger partial charge in [-0.3, -0.25) is 0 Å². The van der Waals surface area contributed by atoms with E-state index in [1.807, 2.05) is 6.07 Å². The van der Waals surface area contributed by atoms with Crippen molar-refractivity contribution in [2.45, 2.75) is 6.42 Å². The molecule has 25 heavy (non-hydrogen) atoms. The summed E-state index contributed by atoms with van der Waals surface area (Å²) in [5, 5.41) is 0. The summed E-state index contributed by atoms with van der Waals surface area (Å²) >= 11 is 0. The van der Waals surface area contributed by atoms with E-state index in [2.05, 4.69) is 38.0 Å². The molecule has 0 saturated carbocycles. The molecular formula is C18H25N5O2. The van der Waals surface area contributed by atoms with Gasteiger partial charge in [0.05, 0.1) is 13.2 Å². The van der Waals surface area contributed by atoms with Crippen LogP contribution in [0, 0.1) is 0 Å². The van der Waals surface area contributed by atoms with Crippen molar-refractivity contribution in [2.75, 3.05) is 62.6 Å². The Balaban J connectivity index is 1.91. The molecule has 0 amide bonds. The number of methoxy groups -OCH3 is 2. The summed E-state index contributed by atoms with van der Waals surface area (Å²) in [6.07, 6.45) is 2.57. The monoisotopic (exact) mass is 343 g/mol. The third-order valence-electron chi connectivity index (χ3n) is 4.41. The van der Waals surface area contributed by atoms with Crippen molar-refractivity contribution in [3.8, 4) is 0 Å². The van der Waals surface area contributed by atoms with Gasteiger partial charge in [-0.25, -0.2) is 9.97 Å². The lowest BCUT2D eigenvalue weighted by Gasteiger charge is -2.27. The number of hydrogen-bond acceptors (Lipinski definition) is 7. The second-order valence-corrected chi connectivity index (χ2v) is 5.94. The first-order valence-corrected chi connectivity index (χ1v) is 8.45. The van der Waals surface area contributed by atoms with Crippen LogP contribution in [0.2, 0.25) is 0 Å². The molecule has 3 rings (SSSR count). The van der Waals surface area contributed by atoms with E-state index in [1.54, 1.807) is 20.5 Å². The van der Waals surface area contributed by atoms with Gasteiger partial charge in [-0.15, -0.1) is 0 Å². The summed E-state index contributed by atoms with van der Waals surface area (Å²) in [7, 11) is 3.37. The SMILES string of the molecule is COCCN(CCOC)c1ncnc(N2CCc3ccccc32)c1N. The largest absolute Gasteiger partial charge is 0.393 e. The zero-order valence-electron chi connectivity index (χ0n) is 14.8. The molecule has 0 atom stereocenters. The summed E-state index contributed by atoms with van der Waals surface area (Å²) in [5.74, 6) is 1.48. The number of rotatable bonds is 8. The van der Waals surface area contributed by atoms with E-state index in [4.69, 9.17) is 15.2 Å². The van der Waals surface area contributed by atoms with Crippen LogP contribution in [0.4, 0.5) is 23.0 Å². The number of fused-ring (bicyclic) bond motifs is 1. The molecule has 0 fully saturated rings. The second kappa shape index (κ2) is 8.13. The van der Waals surface area contributed by atoms with Crippen molar-refractivity contribution in [2.24, 2.45) is 0 Å². The minimum absolute atomic E-state index is 0.589. The molecule has 0 aliphatic carbocycles. The first-order valence-electron chi connectivity index (χ1n) is 8.45. The number of hydrogen-bond donors (Lipinski definition) is 1. The van der Waals surface area contributed by atoms with Crippen LogP contribution in [-0.4, -0.2) is 57.0 Å². The maximum Gasteiger partial charge on any atom is 0.161 e. The van der Waals surface area contributed by atoms with Crippen LogP contribution >= 0.6 is 0 Å². The molecule has 134 valence electrons.